The van der Waals surface area contributed by atoms with Crippen LogP contribution < -0.4 is 0 Å². The molecule has 46 valence electrons. The summed E-state index contributed by atoms with van der Waals surface area (Å²) in [6.45, 7) is 1.99. The molecule has 1 aliphatic carbocycles. The van der Waals surface area contributed by atoms with Gasteiger partial charge in [0.25, 0.3) is 0 Å². The molecule has 0 heterocycles. The largest absolute Gasteiger partial charge is 0.393 e. The van der Waals surface area contributed by atoms with E-state index in [-0.39, 0.29) is 6.10 Å². The lowest BCUT2D eigenvalue weighted by Gasteiger charge is -2.29. The van der Waals surface area contributed by atoms with Crippen LogP contribution in [0.5, 0.6) is 0 Å². The number of aliphatic hydroxyl groups excluding tert-OH is 1. The van der Waals surface area contributed by atoms with Gasteiger partial charge < -0.3 is 5.11 Å². The van der Waals surface area contributed by atoms with Gasteiger partial charge in [-0.1, -0.05) is 12.2 Å². The van der Waals surface area contributed by atoms with Crippen molar-refractivity contribution < 1.29 is 5.11 Å². The van der Waals surface area contributed by atoms with E-state index >= 15 is 0 Å². The number of hydrogen-bond acceptors (Lipinski definition) is 1. The Labute approximate surface area is 50.0 Å². The van der Waals surface area contributed by atoms with Gasteiger partial charge in [0.15, 0.2) is 0 Å². The molecule has 1 rings (SSSR count). The van der Waals surface area contributed by atoms with Crippen molar-refractivity contribution >= 4 is 0 Å². The maximum absolute atomic E-state index is 8.99. The summed E-state index contributed by atoms with van der Waals surface area (Å²) in [4.78, 5) is 0. The second-order valence-corrected chi connectivity index (χ2v) is 2.33. The van der Waals surface area contributed by atoms with Crippen LogP contribution in [-0.2, 0) is 0 Å². The molecule has 0 saturated heterocycles. The first-order chi connectivity index (χ1) is 3.84. The zero-order chi connectivity index (χ0) is 5.98. The van der Waals surface area contributed by atoms with Crippen LogP contribution in [0, 0.1) is 5.92 Å². The van der Waals surface area contributed by atoms with E-state index in [9.17, 15) is 0 Å². The Balaban J connectivity index is 2.27. The van der Waals surface area contributed by atoms with E-state index in [1.807, 2.05) is 13.0 Å². The van der Waals surface area contributed by atoms with E-state index < -0.39 is 0 Å². The Morgan fingerprint density at radius 1 is 1.50 bits per heavy atom. The van der Waals surface area contributed by atoms with E-state index in [0.717, 1.165) is 6.42 Å². The SMILES string of the molecule is C/C=C/C1CCC1O. The van der Waals surface area contributed by atoms with Crippen molar-refractivity contribution in [2.24, 2.45) is 5.92 Å². The summed E-state index contributed by atoms with van der Waals surface area (Å²) < 4.78 is 0. The molecular weight excluding hydrogens is 100 g/mol. The monoisotopic (exact) mass is 112 g/mol. The van der Waals surface area contributed by atoms with E-state index in [4.69, 9.17) is 5.11 Å². The molecule has 1 nitrogen and oxygen atoms in total. The van der Waals surface area contributed by atoms with Gasteiger partial charge in [0.1, 0.15) is 0 Å². The zero-order valence-corrected chi connectivity index (χ0v) is 5.17. The molecule has 0 aliphatic heterocycles. The Kier molecular flexibility index (Phi) is 1.69. The fourth-order valence-corrected chi connectivity index (χ4v) is 0.980. The Hall–Kier alpha value is -0.300. The summed E-state index contributed by atoms with van der Waals surface area (Å²) in [6.07, 6.45) is 6.22. The van der Waals surface area contributed by atoms with Crippen molar-refractivity contribution in [3.63, 3.8) is 0 Å². The highest BCUT2D eigenvalue weighted by Gasteiger charge is 2.25. The minimum atomic E-state index is -0.0359. The molecule has 2 atom stereocenters. The van der Waals surface area contributed by atoms with Gasteiger partial charge in [0, 0.05) is 5.92 Å². The van der Waals surface area contributed by atoms with Crippen LogP contribution in [0.3, 0.4) is 0 Å². The van der Waals surface area contributed by atoms with Crippen LogP contribution in [0.2, 0.25) is 0 Å². The molecule has 0 aromatic carbocycles. The molecule has 1 fully saturated rings. The molecule has 8 heavy (non-hydrogen) atoms. The minimum Gasteiger partial charge on any atom is -0.393 e. The van der Waals surface area contributed by atoms with E-state index in [2.05, 4.69) is 6.08 Å². The van der Waals surface area contributed by atoms with Gasteiger partial charge in [-0.15, -0.1) is 0 Å². The molecule has 1 aliphatic rings. The fraction of sp³-hybridized carbons (Fsp3) is 0.714. The molecule has 1 N–H and O–H groups in total. The van der Waals surface area contributed by atoms with Crippen LogP contribution in [0.4, 0.5) is 0 Å². The maximum Gasteiger partial charge on any atom is 0.0603 e. The van der Waals surface area contributed by atoms with Gasteiger partial charge in [-0.2, -0.15) is 0 Å². The number of rotatable bonds is 1. The first-order valence-electron chi connectivity index (χ1n) is 3.15. The lowest BCUT2D eigenvalue weighted by molar-refractivity contribution is 0.0500. The van der Waals surface area contributed by atoms with Gasteiger partial charge in [0.05, 0.1) is 6.10 Å². The van der Waals surface area contributed by atoms with Crippen LogP contribution in [0.15, 0.2) is 12.2 Å². The minimum absolute atomic E-state index is 0.0359. The van der Waals surface area contributed by atoms with Gasteiger partial charge in [-0.3, -0.25) is 0 Å². The average Bonchev–Trinajstić information content (AvgIpc) is 1.79. The Bertz CT molecular complexity index is 96.6. The molecule has 0 bridgehead atoms. The highest BCUT2D eigenvalue weighted by atomic mass is 16.3. The first kappa shape index (κ1) is 5.83. The summed E-state index contributed by atoms with van der Waals surface area (Å²) >= 11 is 0. The van der Waals surface area contributed by atoms with Gasteiger partial charge >= 0.3 is 0 Å². The van der Waals surface area contributed by atoms with Crippen molar-refractivity contribution in [3.05, 3.63) is 12.2 Å². The smallest absolute Gasteiger partial charge is 0.0603 e. The number of allylic oxidation sites excluding steroid dienone is 1. The molecule has 1 saturated carbocycles. The van der Waals surface area contributed by atoms with Crippen LogP contribution in [-0.4, -0.2) is 11.2 Å². The summed E-state index contributed by atoms with van der Waals surface area (Å²) in [5.41, 5.74) is 0. The second kappa shape index (κ2) is 2.31. The molecule has 2 unspecified atom stereocenters. The summed E-state index contributed by atoms with van der Waals surface area (Å²) in [5, 5.41) is 8.99. The molecule has 0 amide bonds. The Morgan fingerprint density at radius 2 is 2.25 bits per heavy atom. The predicted octanol–water partition coefficient (Wildman–Crippen LogP) is 1.33. The number of aliphatic hydroxyl groups is 1. The standard InChI is InChI=1S/C7H12O/c1-2-3-6-4-5-7(6)8/h2-3,6-8H,4-5H2,1H3/b3-2+. The third kappa shape index (κ3) is 0.920. The highest BCUT2D eigenvalue weighted by Crippen LogP contribution is 2.27. The molecule has 1 heteroatoms. The van der Waals surface area contributed by atoms with Crippen molar-refractivity contribution in [2.45, 2.75) is 25.9 Å². The normalized spacial score (nSPS) is 37.8. The van der Waals surface area contributed by atoms with E-state index in [1.165, 1.54) is 6.42 Å². The van der Waals surface area contributed by atoms with Crippen molar-refractivity contribution in [1.29, 1.82) is 0 Å². The third-order valence-electron chi connectivity index (χ3n) is 1.73. The zero-order valence-electron chi connectivity index (χ0n) is 5.17. The van der Waals surface area contributed by atoms with Gasteiger partial charge in [0.2, 0.25) is 0 Å². The van der Waals surface area contributed by atoms with Crippen molar-refractivity contribution in [3.8, 4) is 0 Å². The average molecular weight is 112 g/mol. The predicted molar refractivity (Wildman–Crippen MR) is 33.5 cm³/mol. The fourth-order valence-electron chi connectivity index (χ4n) is 0.980. The molecule has 0 aromatic rings. The summed E-state index contributed by atoms with van der Waals surface area (Å²) in [6, 6.07) is 0. The molecule has 0 spiro atoms. The van der Waals surface area contributed by atoms with Crippen molar-refractivity contribution in [2.75, 3.05) is 0 Å². The second-order valence-electron chi connectivity index (χ2n) is 2.33. The Morgan fingerprint density at radius 3 is 2.38 bits per heavy atom. The topological polar surface area (TPSA) is 20.2 Å². The van der Waals surface area contributed by atoms with Gasteiger partial charge in [-0.05, 0) is 19.8 Å². The van der Waals surface area contributed by atoms with Crippen molar-refractivity contribution in [1.82, 2.24) is 0 Å². The maximum atomic E-state index is 8.99. The van der Waals surface area contributed by atoms with Gasteiger partial charge in [-0.25, -0.2) is 0 Å². The first-order valence-corrected chi connectivity index (χ1v) is 3.15. The van der Waals surface area contributed by atoms with E-state index in [0.29, 0.717) is 5.92 Å². The van der Waals surface area contributed by atoms with Crippen LogP contribution in [0.25, 0.3) is 0 Å². The highest BCUT2D eigenvalue weighted by molar-refractivity contribution is 4.95. The summed E-state index contributed by atoms with van der Waals surface area (Å²) in [5.74, 6) is 0.472. The van der Waals surface area contributed by atoms with E-state index in [1.54, 1.807) is 0 Å². The van der Waals surface area contributed by atoms with Crippen LogP contribution >= 0.6 is 0 Å². The molecule has 0 radical (unpaired) electrons. The quantitative estimate of drug-likeness (QED) is 0.507. The molecular formula is C7H12O. The van der Waals surface area contributed by atoms with Crippen LogP contribution in [0.1, 0.15) is 19.8 Å². The lowest BCUT2D eigenvalue weighted by Crippen LogP contribution is -2.29. The summed E-state index contributed by atoms with van der Waals surface area (Å²) in [7, 11) is 0. The molecule has 0 aromatic heterocycles. The lowest BCUT2D eigenvalue weighted by atomic mass is 9.82. The third-order valence-corrected chi connectivity index (χ3v) is 1.73. The number of hydrogen-bond donors (Lipinski definition) is 1.